The van der Waals surface area contributed by atoms with Crippen molar-refractivity contribution in [1.29, 1.82) is 0 Å². The molecule has 0 aliphatic rings. The lowest BCUT2D eigenvalue weighted by atomic mass is 10.1. The maximum Gasteiger partial charge on any atom is 0.319 e. The van der Waals surface area contributed by atoms with Crippen molar-refractivity contribution in [2.75, 3.05) is 18.5 Å². The van der Waals surface area contributed by atoms with Crippen LogP contribution in [0.15, 0.2) is 54.6 Å². The summed E-state index contributed by atoms with van der Waals surface area (Å²) in [7, 11) is 0. The van der Waals surface area contributed by atoms with Gasteiger partial charge in [-0.25, -0.2) is 4.79 Å². The quantitative estimate of drug-likeness (QED) is 0.695. The van der Waals surface area contributed by atoms with Gasteiger partial charge < -0.3 is 20.7 Å². The number of ether oxygens (including phenoxy) is 1. The smallest absolute Gasteiger partial charge is 0.319 e. The summed E-state index contributed by atoms with van der Waals surface area (Å²) in [6.07, 6.45) is 0. The predicted octanol–water partition coefficient (Wildman–Crippen LogP) is 3.42. The zero-order chi connectivity index (χ0) is 19.0. The number of urea groups is 1. The van der Waals surface area contributed by atoms with Crippen LogP contribution in [0.25, 0.3) is 0 Å². The van der Waals surface area contributed by atoms with Crippen molar-refractivity contribution in [3.63, 3.8) is 0 Å². The Labute approximate surface area is 153 Å². The molecular weight excluding hydrogens is 330 g/mol. The standard InChI is InChI=1S/C20H25N3O3/c1-20(2,3)23-18(24)15-8-7-9-16(14-15)22-19(25)21-12-13-26-17-10-5-4-6-11-17/h4-11,14H,12-13H2,1-3H3,(H,23,24)(H2,21,22,25). The van der Waals surface area contributed by atoms with E-state index in [-0.39, 0.29) is 17.5 Å². The molecule has 0 unspecified atom stereocenters. The minimum absolute atomic E-state index is 0.183. The van der Waals surface area contributed by atoms with Crippen LogP contribution in [0.2, 0.25) is 0 Å². The first kappa shape index (κ1) is 19.3. The van der Waals surface area contributed by atoms with E-state index in [1.807, 2.05) is 51.1 Å². The highest BCUT2D eigenvalue weighted by Gasteiger charge is 2.15. The zero-order valence-corrected chi connectivity index (χ0v) is 15.3. The van der Waals surface area contributed by atoms with Crippen LogP contribution in [-0.4, -0.2) is 30.6 Å². The summed E-state index contributed by atoms with van der Waals surface area (Å²) in [6, 6.07) is 15.8. The minimum Gasteiger partial charge on any atom is -0.492 e. The number of rotatable bonds is 6. The third-order valence-electron chi connectivity index (χ3n) is 3.27. The lowest BCUT2D eigenvalue weighted by Gasteiger charge is -2.20. The molecule has 2 aromatic carbocycles. The molecule has 0 aliphatic heterocycles. The number of benzene rings is 2. The maximum absolute atomic E-state index is 12.2. The number of para-hydroxylation sites is 1. The minimum atomic E-state index is -0.352. The molecule has 2 rings (SSSR count). The fourth-order valence-corrected chi connectivity index (χ4v) is 2.18. The Kier molecular flexibility index (Phi) is 6.60. The molecule has 3 amide bonds. The lowest BCUT2D eigenvalue weighted by molar-refractivity contribution is 0.0919. The van der Waals surface area contributed by atoms with Gasteiger partial charge in [0.2, 0.25) is 0 Å². The molecule has 0 heterocycles. The first-order valence-corrected chi connectivity index (χ1v) is 8.49. The van der Waals surface area contributed by atoms with Crippen LogP contribution in [0.4, 0.5) is 10.5 Å². The molecule has 0 spiro atoms. The Bertz CT molecular complexity index is 739. The van der Waals surface area contributed by atoms with E-state index in [0.717, 1.165) is 5.75 Å². The van der Waals surface area contributed by atoms with Crippen molar-refractivity contribution >= 4 is 17.6 Å². The molecule has 3 N–H and O–H groups in total. The normalized spacial score (nSPS) is 10.7. The fraction of sp³-hybridized carbons (Fsp3) is 0.300. The van der Waals surface area contributed by atoms with Crippen LogP contribution in [0.5, 0.6) is 5.75 Å². The third-order valence-corrected chi connectivity index (χ3v) is 3.27. The number of anilines is 1. The molecule has 2 aromatic rings. The Hall–Kier alpha value is -3.02. The monoisotopic (exact) mass is 355 g/mol. The van der Waals surface area contributed by atoms with Crippen LogP contribution in [-0.2, 0) is 0 Å². The summed E-state index contributed by atoms with van der Waals surface area (Å²) < 4.78 is 5.51. The van der Waals surface area contributed by atoms with Crippen LogP contribution >= 0.6 is 0 Å². The average Bonchev–Trinajstić information content (AvgIpc) is 2.58. The van der Waals surface area contributed by atoms with Gasteiger partial charge in [-0.15, -0.1) is 0 Å². The van der Waals surface area contributed by atoms with E-state index in [0.29, 0.717) is 24.4 Å². The summed E-state index contributed by atoms with van der Waals surface area (Å²) in [6.45, 7) is 6.48. The highest BCUT2D eigenvalue weighted by atomic mass is 16.5. The summed E-state index contributed by atoms with van der Waals surface area (Å²) in [5.74, 6) is 0.574. The summed E-state index contributed by atoms with van der Waals surface area (Å²) in [4.78, 5) is 24.1. The van der Waals surface area contributed by atoms with Gasteiger partial charge in [-0.3, -0.25) is 4.79 Å². The first-order valence-electron chi connectivity index (χ1n) is 8.49. The van der Waals surface area contributed by atoms with E-state index in [2.05, 4.69) is 16.0 Å². The van der Waals surface area contributed by atoms with Gasteiger partial charge in [0.1, 0.15) is 12.4 Å². The van der Waals surface area contributed by atoms with Gasteiger partial charge in [-0.1, -0.05) is 24.3 Å². The summed E-state index contributed by atoms with van der Waals surface area (Å²) in [5, 5.41) is 8.32. The van der Waals surface area contributed by atoms with Crippen molar-refractivity contribution < 1.29 is 14.3 Å². The van der Waals surface area contributed by atoms with Gasteiger partial charge in [0.15, 0.2) is 0 Å². The number of nitrogens with one attached hydrogen (secondary N) is 3. The van der Waals surface area contributed by atoms with Crippen molar-refractivity contribution in [2.45, 2.75) is 26.3 Å². The molecule has 0 atom stereocenters. The second-order valence-corrected chi connectivity index (χ2v) is 6.83. The summed E-state index contributed by atoms with van der Waals surface area (Å²) >= 11 is 0. The van der Waals surface area contributed by atoms with Gasteiger partial charge in [0, 0.05) is 16.8 Å². The Morgan fingerprint density at radius 1 is 1.00 bits per heavy atom. The predicted molar refractivity (Wildman–Crippen MR) is 103 cm³/mol. The molecule has 0 saturated carbocycles. The van der Waals surface area contributed by atoms with Crippen molar-refractivity contribution in [3.05, 3.63) is 60.2 Å². The highest BCUT2D eigenvalue weighted by Crippen LogP contribution is 2.12. The van der Waals surface area contributed by atoms with E-state index >= 15 is 0 Å². The van der Waals surface area contributed by atoms with Gasteiger partial charge >= 0.3 is 6.03 Å². The summed E-state index contributed by atoms with van der Waals surface area (Å²) in [5.41, 5.74) is 0.717. The topological polar surface area (TPSA) is 79.5 Å². The molecule has 26 heavy (non-hydrogen) atoms. The molecule has 6 heteroatoms. The van der Waals surface area contributed by atoms with E-state index < -0.39 is 0 Å². The average molecular weight is 355 g/mol. The van der Waals surface area contributed by atoms with E-state index in [9.17, 15) is 9.59 Å². The van der Waals surface area contributed by atoms with Crippen LogP contribution in [0, 0.1) is 0 Å². The highest BCUT2D eigenvalue weighted by molar-refractivity contribution is 5.97. The fourth-order valence-electron chi connectivity index (χ4n) is 2.18. The maximum atomic E-state index is 12.2. The number of amides is 3. The second kappa shape index (κ2) is 8.89. The lowest BCUT2D eigenvalue weighted by Crippen LogP contribution is -2.40. The van der Waals surface area contributed by atoms with Crippen molar-refractivity contribution in [1.82, 2.24) is 10.6 Å². The molecule has 0 radical (unpaired) electrons. The number of carbonyl (C=O) groups is 2. The first-order chi connectivity index (χ1) is 12.3. The van der Waals surface area contributed by atoms with Crippen molar-refractivity contribution in [2.24, 2.45) is 0 Å². The Morgan fingerprint density at radius 2 is 1.73 bits per heavy atom. The van der Waals surface area contributed by atoms with Gasteiger partial charge in [-0.05, 0) is 51.1 Å². The molecule has 138 valence electrons. The molecule has 0 fully saturated rings. The third kappa shape index (κ3) is 6.84. The van der Waals surface area contributed by atoms with E-state index in [1.54, 1.807) is 24.3 Å². The van der Waals surface area contributed by atoms with Crippen molar-refractivity contribution in [3.8, 4) is 5.75 Å². The Morgan fingerprint density at radius 3 is 2.42 bits per heavy atom. The zero-order valence-electron chi connectivity index (χ0n) is 15.3. The molecule has 0 saturated heterocycles. The van der Waals surface area contributed by atoms with Crippen LogP contribution in [0.1, 0.15) is 31.1 Å². The van der Waals surface area contributed by atoms with Gasteiger partial charge in [-0.2, -0.15) is 0 Å². The van der Waals surface area contributed by atoms with E-state index in [4.69, 9.17) is 4.74 Å². The SMILES string of the molecule is CC(C)(C)NC(=O)c1cccc(NC(=O)NCCOc2ccccc2)c1. The molecule has 0 bridgehead atoms. The van der Waals surface area contributed by atoms with Crippen LogP contribution in [0.3, 0.4) is 0 Å². The van der Waals surface area contributed by atoms with Gasteiger partial charge in [0.25, 0.3) is 5.91 Å². The second-order valence-electron chi connectivity index (χ2n) is 6.83. The van der Waals surface area contributed by atoms with Crippen LogP contribution < -0.4 is 20.7 Å². The molecule has 6 nitrogen and oxygen atoms in total. The van der Waals surface area contributed by atoms with E-state index in [1.165, 1.54) is 0 Å². The molecule has 0 aromatic heterocycles. The largest absolute Gasteiger partial charge is 0.492 e. The molecular formula is C20H25N3O3. The Balaban J connectivity index is 1.79. The van der Waals surface area contributed by atoms with Gasteiger partial charge in [0.05, 0.1) is 6.54 Å². The number of carbonyl (C=O) groups excluding carboxylic acids is 2. The number of hydrogen-bond acceptors (Lipinski definition) is 3. The number of hydrogen-bond donors (Lipinski definition) is 3. The molecule has 0 aliphatic carbocycles.